The van der Waals surface area contributed by atoms with Gasteiger partial charge in [-0.1, -0.05) is 194 Å². The Labute approximate surface area is 256 Å². The standard InChI is InChI=1S/C39H81N/c1-7-10-13-16-19-22-25-28-31-34-37(4)40(38(5)35-32-29-26-23-20-17-14-11-8-2)39(6)36-33-30-27-24-21-18-15-12-9-3/h37-39H,7-36H2,1-6H3. The molecule has 0 amide bonds. The number of hydrogen-bond donors (Lipinski definition) is 0. The van der Waals surface area contributed by atoms with Crippen molar-refractivity contribution in [2.45, 2.75) is 252 Å². The van der Waals surface area contributed by atoms with Gasteiger partial charge in [0.15, 0.2) is 0 Å². The molecule has 0 aromatic rings. The SMILES string of the molecule is CCCCCCCCCCCC(C)N(C(C)CCCCCCCCCCC)C(C)CCCCCCCCCCC. The molecule has 0 aliphatic carbocycles. The molecular formula is C39H81N. The molecule has 40 heavy (non-hydrogen) atoms. The Kier molecular flexibility index (Phi) is 31.9. The van der Waals surface area contributed by atoms with Gasteiger partial charge in [-0.3, -0.25) is 4.90 Å². The Morgan fingerprint density at radius 2 is 0.450 bits per heavy atom. The first-order valence-corrected chi connectivity index (χ1v) is 19.4. The van der Waals surface area contributed by atoms with Gasteiger partial charge in [-0.2, -0.15) is 0 Å². The van der Waals surface area contributed by atoms with Crippen LogP contribution in [-0.4, -0.2) is 23.0 Å². The molecule has 0 fully saturated rings. The molecule has 0 rings (SSSR count). The van der Waals surface area contributed by atoms with Gasteiger partial charge < -0.3 is 0 Å². The molecule has 0 heterocycles. The normalized spacial score (nSPS) is 14.2. The van der Waals surface area contributed by atoms with E-state index in [4.69, 9.17) is 0 Å². The summed E-state index contributed by atoms with van der Waals surface area (Å²) in [6.45, 7) is 14.6. The lowest BCUT2D eigenvalue weighted by atomic mass is 9.97. The Morgan fingerprint density at radius 1 is 0.275 bits per heavy atom. The highest BCUT2D eigenvalue weighted by molar-refractivity contribution is 4.79. The van der Waals surface area contributed by atoms with Gasteiger partial charge in [-0.25, -0.2) is 0 Å². The van der Waals surface area contributed by atoms with E-state index in [9.17, 15) is 0 Å². The van der Waals surface area contributed by atoms with E-state index < -0.39 is 0 Å². The Morgan fingerprint density at radius 3 is 0.650 bits per heavy atom. The van der Waals surface area contributed by atoms with Crippen molar-refractivity contribution in [1.29, 1.82) is 0 Å². The summed E-state index contributed by atoms with van der Waals surface area (Å²) >= 11 is 0. The van der Waals surface area contributed by atoms with E-state index in [0.717, 1.165) is 18.1 Å². The zero-order valence-corrected chi connectivity index (χ0v) is 29.4. The van der Waals surface area contributed by atoms with Gasteiger partial charge in [0.05, 0.1) is 0 Å². The summed E-state index contributed by atoms with van der Waals surface area (Å²) in [5, 5.41) is 0. The van der Waals surface area contributed by atoms with Crippen molar-refractivity contribution in [2.75, 3.05) is 0 Å². The summed E-state index contributed by atoms with van der Waals surface area (Å²) in [7, 11) is 0. The molecular weight excluding hydrogens is 482 g/mol. The Balaban J connectivity index is 4.40. The minimum absolute atomic E-state index is 0.742. The van der Waals surface area contributed by atoms with Crippen LogP contribution < -0.4 is 0 Å². The number of hydrogen-bond acceptors (Lipinski definition) is 1. The fourth-order valence-corrected chi connectivity index (χ4v) is 7.00. The molecule has 0 aromatic heterocycles. The lowest BCUT2D eigenvalue weighted by Gasteiger charge is -2.40. The largest absolute Gasteiger partial charge is 0.295 e. The third-order valence-electron chi connectivity index (χ3n) is 9.70. The van der Waals surface area contributed by atoms with E-state index in [1.807, 2.05) is 0 Å². The fraction of sp³-hybridized carbons (Fsp3) is 1.00. The molecule has 0 N–H and O–H groups in total. The van der Waals surface area contributed by atoms with Crippen LogP contribution in [0, 0.1) is 0 Å². The van der Waals surface area contributed by atoms with Gasteiger partial charge in [0.25, 0.3) is 0 Å². The van der Waals surface area contributed by atoms with Crippen molar-refractivity contribution < 1.29 is 0 Å². The maximum atomic E-state index is 2.97. The fourth-order valence-electron chi connectivity index (χ4n) is 7.00. The van der Waals surface area contributed by atoms with Gasteiger partial charge in [0.1, 0.15) is 0 Å². The molecule has 3 atom stereocenters. The van der Waals surface area contributed by atoms with Gasteiger partial charge in [-0.15, -0.1) is 0 Å². The first-order chi connectivity index (χ1) is 19.6. The molecule has 0 saturated heterocycles. The van der Waals surface area contributed by atoms with Crippen molar-refractivity contribution in [2.24, 2.45) is 0 Å². The van der Waals surface area contributed by atoms with Gasteiger partial charge in [-0.05, 0) is 40.0 Å². The van der Waals surface area contributed by atoms with Gasteiger partial charge in [0.2, 0.25) is 0 Å². The lowest BCUT2D eigenvalue weighted by Crippen LogP contribution is -2.46. The summed E-state index contributed by atoms with van der Waals surface area (Å²) in [5.74, 6) is 0. The van der Waals surface area contributed by atoms with Crippen LogP contribution in [-0.2, 0) is 0 Å². The van der Waals surface area contributed by atoms with Crippen molar-refractivity contribution in [3.63, 3.8) is 0 Å². The van der Waals surface area contributed by atoms with E-state index in [1.54, 1.807) is 0 Å². The first-order valence-electron chi connectivity index (χ1n) is 19.4. The number of unbranched alkanes of at least 4 members (excludes halogenated alkanes) is 24. The average Bonchev–Trinajstić information content (AvgIpc) is 2.94. The van der Waals surface area contributed by atoms with Crippen LogP contribution in [0.15, 0.2) is 0 Å². The minimum atomic E-state index is 0.742. The summed E-state index contributed by atoms with van der Waals surface area (Å²) in [5.41, 5.74) is 0. The second-order valence-electron chi connectivity index (χ2n) is 13.8. The average molecular weight is 564 g/mol. The van der Waals surface area contributed by atoms with Crippen molar-refractivity contribution in [1.82, 2.24) is 4.90 Å². The van der Waals surface area contributed by atoms with Crippen molar-refractivity contribution in [3.8, 4) is 0 Å². The second-order valence-corrected chi connectivity index (χ2v) is 13.8. The first kappa shape index (κ1) is 40.0. The molecule has 0 aliphatic rings. The molecule has 0 saturated carbocycles. The van der Waals surface area contributed by atoms with Gasteiger partial charge >= 0.3 is 0 Å². The molecule has 1 heteroatoms. The highest BCUT2D eigenvalue weighted by Crippen LogP contribution is 2.24. The molecule has 0 bridgehead atoms. The van der Waals surface area contributed by atoms with Gasteiger partial charge in [0, 0.05) is 18.1 Å². The van der Waals surface area contributed by atoms with Crippen LogP contribution >= 0.6 is 0 Å². The molecule has 0 spiro atoms. The molecule has 0 aliphatic heterocycles. The topological polar surface area (TPSA) is 3.24 Å². The van der Waals surface area contributed by atoms with Crippen molar-refractivity contribution >= 4 is 0 Å². The highest BCUT2D eigenvalue weighted by atomic mass is 15.2. The summed E-state index contributed by atoms with van der Waals surface area (Å²) in [4.78, 5) is 2.97. The van der Waals surface area contributed by atoms with Crippen molar-refractivity contribution in [3.05, 3.63) is 0 Å². The Hall–Kier alpha value is -0.0400. The Bertz CT molecular complexity index is 393. The predicted octanol–water partition coefficient (Wildman–Crippen LogP) is 14.2. The molecule has 0 radical (unpaired) electrons. The van der Waals surface area contributed by atoms with Crippen LogP contribution in [0.4, 0.5) is 0 Å². The number of nitrogens with zero attached hydrogens (tertiary/aromatic N) is 1. The zero-order chi connectivity index (χ0) is 29.5. The maximum absolute atomic E-state index is 2.97. The van der Waals surface area contributed by atoms with Crippen LogP contribution in [0.2, 0.25) is 0 Å². The highest BCUT2D eigenvalue weighted by Gasteiger charge is 2.24. The van der Waals surface area contributed by atoms with E-state index in [0.29, 0.717) is 0 Å². The summed E-state index contributed by atoms with van der Waals surface area (Å²) < 4.78 is 0. The maximum Gasteiger partial charge on any atom is 0.00725 e. The minimum Gasteiger partial charge on any atom is -0.295 e. The van der Waals surface area contributed by atoms with Crippen LogP contribution in [0.25, 0.3) is 0 Å². The third kappa shape index (κ3) is 25.7. The predicted molar refractivity (Wildman–Crippen MR) is 186 cm³/mol. The van der Waals surface area contributed by atoms with Crippen LogP contribution in [0.3, 0.4) is 0 Å². The number of rotatable bonds is 33. The van der Waals surface area contributed by atoms with Crippen LogP contribution in [0.1, 0.15) is 234 Å². The van der Waals surface area contributed by atoms with E-state index in [2.05, 4.69) is 46.4 Å². The van der Waals surface area contributed by atoms with Crippen LogP contribution in [0.5, 0.6) is 0 Å². The quantitative estimate of drug-likeness (QED) is 0.0718. The van der Waals surface area contributed by atoms with E-state index in [1.165, 1.54) is 193 Å². The molecule has 3 unspecified atom stereocenters. The van der Waals surface area contributed by atoms with E-state index in [-0.39, 0.29) is 0 Å². The zero-order valence-electron chi connectivity index (χ0n) is 29.4. The summed E-state index contributed by atoms with van der Waals surface area (Å²) in [6, 6.07) is 2.23. The third-order valence-corrected chi connectivity index (χ3v) is 9.70. The second kappa shape index (κ2) is 31.9. The monoisotopic (exact) mass is 564 g/mol. The van der Waals surface area contributed by atoms with E-state index >= 15 is 0 Å². The molecule has 0 aromatic carbocycles. The molecule has 1 nitrogen and oxygen atoms in total. The smallest absolute Gasteiger partial charge is 0.00725 e. The molecule has 242 valence electrons. The summed E-state index contributed by atoms with van der Waals surface area (Å²) in [6.07, 6.45) is 43.2. The lowest BCUT2D eigenvalue weighted by molar-refractivity contribution is 0.0834.